The summed E-state index contributed by atoms with van der Waals surface area (Å²) in [5.74, 6) is 0.612. The molecule has 1 atom stereocenters. The molecule has 2 aliphatic heterocycles. The van der Waals surface area contributed by atoms with Crippen LogP contribution in [0.15, 0.2) is 53.4 Å². The minimum absolute atomic E-state index is 0.0192. The number of anilines is 2. The van der Waals surface area contributed by atoms with E-state index in [1.165, 1.54) is 0 Å². The molecule has 2 aromatic carbocycles. The number of aromatic nitrogens is 1. The Hall–Kier alpha value is -2.97. The van der Waals surface area contributed by atoms with E-state index in [1.807, 2.05) is 48.2 Å². The molecule has 0 bridgehead atoms. The van der Waals surface area contributed by atoms with Crippen LogP contribution in [0.1, 0.15) is 17.5 Å². The Morgan fingerprint density at radius 3 is 2.77 bits per heavy atom. The quantitative estimate of drug-likeness (QED) is 0.656. The maximum Gasteiger partial charge on any atom is 0.241 e. The SMILES string of the molecule is Cc1ccc2nc(N3CCS(=O)(=O)c4ccccc4C3)cc(NC(=O)C3CCN3)c2c1. The topological polar surface area (TPSA) is 91.4 Å². The zero-order chi connectivity index (χ0) is 21.6. The third kappa shape index (κ3) is 3.77. The highest BCUT2D eigenvalue weighted by atomic mass is 32.2. The van der Waals surface area contributed by atoms with Gasteiger partial charge in [0.25, 0.3) is 0 Å². The average Bonchev–Trinajstić information content (AvgIpc) is 2.83. The highest BCUT2D eigenvalue weighted by Gasteiger charge is 2.28. The van der Waals surface area contributed by atoms with Gasteiger partial charge in [-0.25, -0.2) is 13.4 Å². The van der Waals surface area contributed by atoms with Gasteiger partial charge in [0.1, 0.15) is 5.82 Å². The standard InChI is InChI=1S/C23H24N4O3S/c1-15-6-7-18-17(12-15)20(26-23(28)19-8-9-24-19)13-22(25-18)27-10-11-31(29,30)21-5-3-2-4-16(21)14-27/h2-7,12-13,19,24H,8-11,14H2,1H3,(H,25,26,28). The molecule has 1 fully saturated rings. The zero-order valence-electron chi connectivity index (χ0n) is 17.3. The third-order valence-electron chi connectivity index (χ3n) is 5.97. The minimum Gasteiger partial charge on any atom is -0.351 e. The predicted octanol–water partition coefficient (Wildman–Crippen LogP) is 2.64. The summed E-state index contributed by atoms with van der Waals surface area (Å²) in [6, 6.07) is 14.7. The lowest BCUT2D eigenvalue weighted by atomic mass is 10.1. The molecule has 1 saturated heterocycles. The van der Waals surface area contributed by atoms with Crippen molar-refractivity contribution in [3.8, 4) is 0 Å². The normalized spacial score (nSPS) is 19.9. The fourth-order valence-corrected chi connectivity index (χ4v) is 5.58. The van der Waals surface area contributed by atoms with Crippen molar-refractivity contribution in [3.05, 3.63) is 59.7 Å². The van der Waals surface area contributed by atoms with Gasteiger partial charge in [0.2, 0.25) is 5.91 Å². The highest BCUT2D eigenvalue weighted by Crippen LogP contribution is 2.31. The fourth-order valence-electron chi connectivity index (χ4n) is 4.08. The number of pyridine rings is 1. The van der Waals surface area contributed by atoms with Crippen LogP contribution in [0.25, 0.3) is 10.9 Å². The molecule has 0 saturated carbocycles. The summed E-state index contributed by atoms with van der Waals surface area (Å²) < 4.78 is 25.5. The number of carbonyl (C=O) groups excluding carboxylic acids is 1. The smallest absolute Gasteiger partial charge is 0.241 e. The zero-order valence-corrected chi connectivity index (χ0v) is 18.1. The number of hydrogen-bond donors (Lipinski definition) is 2. The molecule has 2 N–H and O–H groups in total. The van der Waals surface area contributed by atoms with E-state index < -0.39 is 9.84 Å². The summed E-state index contributed by atoms with van der Waals surface area (Å²) in [6.45, 7) is 3.63. The maximum atomic E-state index is 12.7. The number of benzene rings is 2. The van der Waals surface area contributed by atoms with Gasteiger partial charge in [0.05, 0.1) is 27.9 Å². The van der Waals surface area contributed by atoms with Gasteiger partial charge in [-0.15, -0.1) is 0 Å². The van der Waals surface area contributed by atoms with Gasteiger partial charge < -0.3 is 15.5 Å². The largest absolute Gasteiger partial charge is 0.351 e. The van der Waals surface area contributed by atoms with Gasteiger partial charge in [-0.2, -0.15) is 0 Å². The van der Waals surface area contributed by atoms with Crippen LogP contribution < -0.4 is 15.5 Å². The molecule has 1 unspecified atom stereocenters. The van der Waals surface area contributed by atoms with Crippen molar-refractivity contribution in [1.29, 1.82) is 0 Å². The lowest BCUT2D eigenvalue weighted by Gasteiger charge is -2.27. The summed E-state index contributed by atoms with van der Waals surface area (Å²) in [5, 5.41) is 7.06. The van der Waals surface area contributed by atoms with Crippen LogP contribution >= 0.6 is 0 Å². The minimum atomic E-state index is -3.35. The Kier molecular flexibility index (Phi) is 4.91. The lowest BCUT2D eigenvalue weighted by molar-refractivity contribution is -0.119. The molecule has 0 spiro atoms. The lowest BCUT2D eigenvalue weighted by Crippen LogP contribution is -2.50. The molecule has 0 radical (unpaired) electrons. The number of nitrogens with zero attached hydrogens (tertiary/aromatic N) is 2. The van der Waals surface area contributed by atoms with E-state index in [1.54, 1.807) is 12.1 Å². The van der Waals surface area contributed by atoms with Crippen molar-refractivity contribution in [3.63, 3.8) is 0 Å². The predicted molar refractivity (Wildman–Crippen MR) is 121 cm³/mol. The van der Waals surface area contributed by atoms with Crippen molar-refractivity contribution in [2.24, 2.45) is 0 Å². The molecular weight excluding hydrogens is 412 g/mol. The van der Waals surface area contributed by atoms with E-state index in [0.29, 0.717) is 29.5 Å². The molecule has 7 nitrogen and oxygen atoms in total. The van der Waals surface area contributed by atoms with Crippen LogP contribution in [0.3, 0.4) is 0 Å². The molecule has 8 heteroatoms. The fraction of sp³-hybridized carbons (Fsp3) is 0.304. The molecule has 1 aromatic heterocycles. The summed E-state index contributed by atoms with van der Waals surface area (Å²) >= 11 is 0. The van der Waals surface area contributed by atoms with Crippen molar-refractivity contribution in [2.45, 2.75) is 30.8 Å². The Morgan fingerprint density at radius 2 is 2.00 bits per heavy atom. The summed E-state index contributed by atoms with van der Waals surface area (Å²) in [6.07, 6.45) is 0.821. The van der Waals surface area contributed by atoms with Crippen LogP contribution in [0.4, 0.5) is 11.5 Å². The molecule has 0 aliphatic carbocycles. The molecule has 31 heavy (non-hydrogen) atoms. The number of hydrogen-bond acceptors (Lipinski definition) is 6. The first kappa shape index (κ1) is 20.0. The number of aryl methyl sites for hydroxylation is 1. The highest BCUT2D eigenvalue weighted by molar-refractivity contribution is 7.91. The van der Waals surface area contributed by atoms with Gasteiger partial charge in [0.15, 0.2) is 9.84 Å². The molecule has 3 aromatic rings. The van der Waals surface area contributed by atoms with Gasteiger partial charge in [-0.3, -0.25) is 4.79 Å². The molecule has 3 heterocycles. The Labute approximate surface area is 181 Å². The van der Waals surface area contributed by atoms with Crippen LogP contribution in [-0.4, -0.2) is 44.2 Å². The van der Waals surface area contributed by atoms with E-state index in [-0.39, 0.29) is 17.7 Å². The van der Waals surface area contributed by atoms with Crippen molar-refractivity contribution in [1.82, 2.24) is 10.3 Å². The first-order valence-corrected chi connectivity index (χ1v) is 12.1. The Bertz CT molecular complexity index is 1290. The van der Waals surface area contributed by atoms with E-state index in [4.69, 9.17) is 4.98 Å². The second-order valence-corrected chi connectivity index (χ2v) is 10.3. The first-order chi connectivity index (χ1) is 14.9. The van der Waals surface area contributed by atoms with Gasteiger partial charge in [-0.05, 0) is 43.7 Å². The number of nitrogens with one attached hydrogen (secondary N) is 2. The van der Waals surface area contributed by atoms with E-state index in [9.17, 15) is 13.2 Å². The number of fused-ring (bicyclic) bond motifs is 2. The molecule has 5 rings (SSSR count). The average molecular weight is 437 g/mol. The van der Waals surface area contributed by atoms with Gasteiger partial charge in [-0.1, -0.05) is 29.8 Å². The van der Waals surface area contributed by atoms with E-state index in [0.717, 1.165) is 35.0 Å². The summed E-state index contributed by atoms with van der Waals surface area (Å²) in [4.78, 5) is 19.8. The molecule has 160 valence electrons. The van der Waals surface area contributed by atoms with Gasteiger partial charge in [0, 0.05) is 24.5 Å². The molecule has 2 aliphatic rings. The summed E-state index contributed by atoms with van der Waals surface area (Å²) in [5.41, 5.74) is 3.30. The number of rotatable bonds is 3. The molecule has 1 amide bonds. The second-order valence-electron chi connectivity index (χ2n) is 8.18. The summed E-state index contributed by atoms with van der Waals surface area (Å²) in [7, 11) is -3.35. The van der Waals surface area contributed by atoms with E-state index in [2.05, 4.69) is 10.6 Å². The monoisotopic (exact) mass is 436 g/mol. The van der Waals surface area contributed by atoms with Crippen LogP contribution in [0.5, 0.6) is 0 Å². The van der Waals surface area contributed by atoms with Crippen molar-refractivity contribution in [2.75, 3.05) is 29.1 Å². The van der Waals surface area contributed by atoms with Crippen molar-refractivity contribution >= 4 is 38.2 Å². The second kappa shape index (κ2) is 7.62. The Morgan fingerprint density at radius 1 is 1.19 bits per heavy atom. The van der Waals surface area contributed by atoms with E-state index >= 15 is 0 Å². The number of amides is 1. The first-order valence-electron chi connectivity index (χ1n) is 10.4. The number of sulfone groups is 1. The third-order valence-corrected chi connectivity index (χ3v) is 7.76. The van der Waals surface area contributed by atoms with Crippen LogP contribution in [0, 0.1) is 6.92 Å². The maximum absolute atomic E-state index is 12.7. The van der Waals surface area contributed by atoms with Gasteiger partial charge >= 0.3 is 0 Å². The van der Waals surface area contributed by atoms with Crippen LogP contribution in [0.2, 0.25) is 0 Å². The van der Waals surface area contributed by atoms with Crippen LogP contribution in [-0.2, 0) is 21.2 Å². The molecular formula is C23H24N4O3S. The number of carbonyl (C=O) groups is 1. The van der Waals surface area contributed by atoms with Crippen molar-refractivity contribution < 1.29 is 13.2 Å². The Balaban J connectivity index is 1.57.